The topological polar surface area (TPSA) is 84.0 Å². The molecule has 0 fully saturated rings. The van der Waals surface area contributed by atoms with Crippen molar-refractivity contribution >= 4 is 11.8 Å². The van der Waals surface area contributed by atoms with E-state index in [0.717, 1.165) is 5.56 Å². The molecule has 2 aromatic rings. The second-order valence-corrected chi connectivity index (χ2v) is 4.08. The monoisotopic (exact) mass is 270 g/mol. The summed E-state index contributed by atoms with van der Waals surface area (Å²) in [5.41, 5.74) is 5.89. The first-order valence-corrected chi connectivity index (χ1v) is 6.15. The van der Waals surface area contributed by atoms with Gasteiger partial charge in [-0.2, -0.15) is 0 Å². The molecule has 0 spiro atoms. The average molecular weight is 270 g/mol. The van der Waals surface area contributed by atoms with Crippen LogP contribution < -0.4 is 10.9 Å². The van der Waals surface area contributed by atoms with Gasteiger partial charge in [0.15, 0.2) is 0 Å². The molecule has 0 aromatic carbocycles. The number of rotatable bonds is 4. The van der Waals surface area contributed by atoms with E-state index in [-0.39, 0.29) is 18.0 Å². The van der Waals surface area contributed by atoms with Crippen molar-refractivity contribution in [1.29, 1.82) is 0 Å². The van der Waals surface area contributed by atoms with Crippen LogP contribution in [0.5, 0.6) is 0 Å². The summed E-state index contributed by atoms with van der Waals surface area (Å²) < 4.78 is 0. The molecule has 2 aromatic heterocycles. The molecule has 6 nitrogen and oxygen atoms in total. The molecular weight excluding hydrogens is 256 g/mol. The molecule has 0 aliphatic carbocycles. The molecule has 20 heavy (non-hydrogen) atoms. The first-order chi connectivity index (χ1) is 9.75. The van der Waals surface area contributed by atoms with E-state index in [4.69, 9.17) is 0 Å². The zero-order chi connectivity index (χ0) is 14.2. The lowest BCUT2D eigenvalue weighted by Crippen LogP contribution is -2.42. The van der Waals surface area contributed by atoms with E-state index in [1.54, 1.807) is 30.6 Å². The summed E-state index contributed by atoms with van der Waals surface area (Å²) in [7, 11) is 0. The Morgan fingerprint density at radius 1 is 1.05 bits per heavy atom. The standard InChI is InChI=1S/C14H14N4O2/c19-13(7-6-11-4-3-8-15-10-11)17-18-14(20)12-5-1-2-9-16-12/h1-5,8-10H,6-7H2,(H,17,19)(H,18,20). The lowest BCUT2D eigenvalue weighted by Gasteiger charge is -2.06. The lowest BCUT2D eigenvalue weighted by atomic mass is 10.1. The molecule has 0 radical (unpaired) electrons. The highest BCUT2D eigenvalue weighted by molar-refractivity contribution is 5.93. The molecule has 2 rings (SSSR count). The minimum Gasteiger partial charge on any atom is -0.273 e. The van der Waals surface area contributed by atoms with Crippen LogP contribution in [0, 0.1) is 0 Å². The van der Waals surface area contributed by atoms with Crippen LogP contribution in [0.15, 0.2) is 48.9 Å². The molecule has 0 saturated heterocycles. The number of aromatic nitrogens is 2. The number of carbonyl (C=O) groups is 2. The SMILES string of the molecule is O=C(CCc1cccnc1)NNC(=O)c1ccccn1. The third-order valence-corrected chi connectivity index (χ3v) is 2.58. The summed E-state index contributed by atoms with van der Waals surface area (Å²) in [4.78, 5) is 31.1. The fraction of sp³-hybridized carbons (Fsp3) is 0.143. The van der Waals surface area contributed by atoms with Crippen molar-refractivity contribution in [3.05, 3.63) is 60.2 Å². The zero-order valence-electron chi connectivity index (χ0n) is 10.7. The maximum atomic E-state index is 11.6. The summed E-state index contributed by atoms with van der Waals surface area (Å²) in [5.74, 6) is -0.710. The molecule has 0 atom stereocenters. The lowest BCUT2D eigenvalue weighted by molar-refractivity contribution is -0.121. The number of nitrogens with one attached hydrogen (secondary N) is 2. The van der Waals surface area contributed by atoms with Gasteiger partial charge < -0.3 is 0 Å². The summed E-state index contributed by atoms with van der Waals surface area (Å²) in [6, 6.07) is 8.69. The van der Waals surface area contributed by atoms with Crippen LogP contribution in [0.1, 0.15) is 22.5 Å². The number of hydrogen-bond acceptors (Lipinski definition) is 4. The van der Waals surface area contributed by atoms with Gasteiger partial charge in [0.1, 0.15) is 5.69 Å². The summed E-state index contributed by atoms with van der Waals surface area (Å²) in [6.07, 6.45) is 5.74. The van der Waals surface area contributed by atoms with Gasteiger partial charge in [-0.25, -0.2) is 0 Å². The van der Waals surface area contributed by atoms with Crippen LogP contribution in [0.4, 0.5) is 0 Å². The number of hydrazine groups is 1. The van der Waals surface area contributed by atoms with E-state index < -0.39 is 5.91 Å². The Balaban J connectivity index is 1.74. The highest BCUT2D eigenvalue weighted by Crippen LogP contribution is 1.99. The predicted molar refractivity (Wildman–Crippen MR) is 72.4 cm³/mol. The Morgan fingerprint density at radius 3 is 2.65 bits per heavy atom. The van der Waals surface area contributed by atoms with Gasteiger partial charge in [0.2, 0.25) is 5.91 Å². The van der Waals surface area contributed by atoms with Crippen molar-refractivity contribution in [3.8, 4) is 0 Å². The van der Waals surface area contributed by atoms with E-state index in [0.29, 0.717) is 6.42 Å². The Bertz CT molecular complexity index is 572. The number of nitrogens with zero attached hydrogens (tertiary/aromatic N) is 2. The van der Waals surface area contributed by atoms with E-state index in [2.05, 4.69) is 20.8 Å². The van der Waals surface area contributed by atoms with Crippen molar-refractivity contribution < 1.29 is 9.59 Å². The molecule has 2 amide bonds. The molecule has 0 unspecified atom stereocenters. The molecule has 6 heteroatoms. The van der Waals surface area contributed by atoms with Gasteiger partial charge in [-0.15, -0.1) is 0 Å². The van der Waals surface area contributed by atoms with Crippen LogP contribution >= 0.6 is 0 Å². The normalized spacial score (nSPS) is 9.80. The molecule has 2 N–H and O–H groups in total. The quantitative estimate of drug-likeness (QED) is 0.807. The highest BCUT2D eigenvalue weighted by Gasteiger charge is 2.07. The number of amides is 2. The fourth-order valence-electron chi connectivity index (χ4n) is 1.55. The molecule has 102 valence electrons. The van der Waals surface area contributed by atoms with E-state index in [1.165, 1.54) is 6.20 Å². The van der Waals surface area contributed by atoms with Crippen molar-refractivity contribution in [2.24, 2.45) is 0 Å². The summed E-state index contributed by atoms with van der Waals surface area (Å²) in [5, 5.41) is 0. The van der Waals surface area contributed by atoms with Crippen molar-refractivity contribution in [1.82, 2.24) is 20.8 Å². The second-order valence-electron chi connectivity index (χ2n) is 4.08. The van der Waals surface area contributed by atoms with Crippen LogP contribution in [-0.2, 0) is 11.2 Å². The molecule has 0 bridgehead atoms. The highest BCUT2D eigenvalue weighted by atomic mass is 16.2. The van der Waals surface area contributed by atoms with Crippen LogP contribution in [0.25, 0.3) is 0 Å². The second kappa shape index (κ2) is 6.98. The fourth-order valence-corrected chi connectivity index (χ4v) is 1.55. The number of hydrogen-bond donors (Lipinski definition) is 2. The number of pyridine rings is 2. The van der Waals surface area contributed by atoms with Gasteiger partial charge in [0.25, 0.3) is 5.91 Å². The zero-order valence-corrected chi connectivity index (χ0v) is 10.7. The summed E-state index contributed by atoms with van der Waals surface area (Å²) >= 11 is 0. The van der Waals surface area contributed by atoms with Crippen molar-refractivity contribution in [3.63, 3.8) is 0 Å². The van der Waals surface area contributed by atoms with E-state index in [9.17, 15) is 9.59 Å². The maximum absolute atomic E-state index is 11.6. The van der Waals surface area contributed by atoms with E-state index in [1.807, 2.05) is 12.1 Å². The van der Waals surface area contributed by atoms with Crippen molar-refractivity contribution in [2.45, 2.75) is 12.8 Å². The molecule has 0 saturated carbocycles. The van der Waals surface area contributed by atoms with Gasteiger partial charge in [0, 0.05) is 25.0 Å². The number of aryl methyl sites for hydroxylation is 1. The minimum atomic E-state index is -0.444. The Morgan fingerprint density at radius 2 is 1.95 bits per heavy atom. The van der Waals surface area contributed by atoms with E-state index >= 15 is 0 Å². The maximum Gasteiger partial charge on any atom is 0.288 e. The Hall–Kier alpha value is -2.76. The first-order valence-electron chi connectivity index (χ1n) is 6.15. The largest absolute Gasteiger partial charge is 0.288 e. The van der Waals surface area contributed by atoms with Gasteiger partial charge in [-0.05, 0) is 30.2 Å². The Labute approximate surface area is 116 Å². The van der Waals surface area contributed by atoms with Crippen LogP contribution in [0.2, 0.25) is 0 Å². The van der Waals surface area contributed by atoms with Crippen LogP contribution in [0.3, 0.4) is 0 Å². The summed E-state index contributed by atoms with van der Waals surface area (Å²) in [6.45, 7) is 0. The third kappa shape index (κ3) is 4.16. The first kappa shape index (κ1) is 13.7. The number of carbonyl (C=O) groups excluding carboxylic acids is 2. The molecule has 0 aliphatic heterocycles. The molecule has 0 aliphatic rings. The van der Waals surface area contributed by atoms with Crippen molar-refractivity contribution in [2.75, 3.05) is 0 Å². The smallest absolute Gasteiger partial charge is 0.273 e. The minimum absolute atomic E-state index is 0.250. The molecule has 2 heterocycles. The van der Waals surface area contributed by atoms with Crippen LogP contribution in [-0.4, -0.2) is 21.8 Å². The van der Waals surface area contributed by atoms with Gasteiger partial charge in [-0.3, -0.25) is 30.4 Å². The predicted octanol–water partition coefficient (Wildman–Crippen LogP) is 0.870. The Kier molecular flexibility index (Phi) is 4.77. The van der Waals surface area contributed by atoms with Gasteiger partial charge >= 0.3 is 0 Å². The average Bonchev–Trinajstić information content (AvgIpc) is 2.52. The molecular formula is C14H14N4O2. The van der Waals surface area contributed by atoms with Gasteiger partial charge in [0.05, 0.1) is 0 Å². The third-order valence-electron chi connectivity index (χ3n) is 2.58. The van der Waals surface area contributed by atoms with Gasteiger partial charge in [-0.1, -0.05) is 12.1 Å².